The smallest absolute Gasteiger partial charge is 0.249 e. The Hall–Kier alpha value is -1.62. The lowest BCUT2D eigenvalue weighted by molar-refractivity contribution is -0.133. The predicted octanol–water partition coefficient (Wildman–Crippen LogP) is 1.70. The largest absolute Gasteiger partial charge is 0.370 e. The van der Waals surface area contributed by atoms with Gasteiger partial charge in [-0.2, -0.15) is 0 Å². The van der Waals surface area contributed by atoms with Crippen LogP contribution in [0.2, 0.25) is 5.02 Å². The second kappa shape index (κ2) is 4.71. The van der Waals surface area contributed by atoms with Crippen LogP contribution in [0.1, 0.15) is 12.8 Å². The van der Waals surface area contributed by atoms with Crippen LogP contribution in [0.25, 0.3) is 0 Å². The molecule has 1 aromatic rings. The van der Waals surface area contributed by atoms with Crippen LogP contribution in [0, 0.1) is 5.82 Å². The first kappa shape index (κ1) is 11.9. The third-order valence-electron chi connectivity index (χ3n) is 2.52. The Labute approximate surface area is 102 Å². The average molecular weight is 257 g/mol. The van der Waals surface area contributed by atoms with Gasteiger partial charge in [0, 0.05) is 6.42 Å². The molecule has 1 unspecified atom stereocenters. The lowest BCUT2D eigenvalue weighted by Gasteiger charge is -2.23. The second-order valence-corrected chi connectivity index (χ2v) is 4.15. The van der Waals surface area contributed by atoms with Crippen molar-refractivity contribution in [2.24, 2.45) is 0 Å². The van der Waals surface area contributed by atoms with E-state index in [1.165, 1.54) is 18.2 Å². The molecule has 4 nitrogen and oxygen atoms in total. The third kappa shape index (κ3) is 2.55. The molecule has 1 aromatic carbocycles. The average Bonchev–Trinajstić information content (AvgIpc) is 2.26. The summed E-state index contributed by atoms with van der Waals surface area (Å²) < 4.78 is 13.5. The van der Waals surface area contributed by atoms with Crippen LogP contribution in [-0.2, 0) is 9.59 Å². The summed E-state index contributed by atoms with van der Waals surface area (Å²) in [7, 11) is 0. The topological polar surface area (TPSA) is 58.2 Å². The minimum absolute atomic E-state index is 0.0867. The van der Waals surface area contributed by atoms with Gasteiger partial charge in [0.05, 0.1) is 10.7 Å². The number of hydrogen-bond donors (Lipinski definition) is 2. The number of nitrogens with one attached hydrogen (secondary N) is 2. The summed E-state index contributed by atoms with van der Waals surface area (Å²) in [4.78, 5) is 22.4. The molecule has 1 aliphatic rings. The summed E-state index contributed by atoms with van der Waals surface area (Å²) in [5, 5.41) is 5.10. The number of benzene rings is 1. The Morgan fingerprint density at radius 2 is 2.18 bits per heavy atom. The molecule has 0 aliphatic carbocycles. The van der Waals surface area contributed by atoms with Crippen LogP contribution in [0.5, 0.6) is 0 Å². The monoisotopic (exact) mass is 256 g/mol. The molecule has 0 spiro atoms. The minimum Gasteiger partial charge on any atom is -0.370 e. The molecule has 2 N–H and O–H groups in total. The maximum atomic E-state index is 13.5. The van der Waals surface area contributed by atoms with E-state index >= 15 is 0 Å². The molecule has 6 heteroatoms. The van der Waals surface area contributed by atoms with E-state index in [1.807, 2.05) is 0 Å². The van der Waals surface area contributed by atoms with E-state index in [0.29, 0.717) is 6.42 Å². The fourth-order valence-electron chi connectivity index (χ4n) is 1.64. The number of rotatable bonds is 2. The Kier molecular flexibility index (Phi) is 3.28. The highest BCUT2D eigenvalue weighted by atomic mass is 35.5. The quantitative estimate of drug-likeness (QED) is 0.792. The number of carbonyl (C=O) groups excluding carboxylic acids is 2. The van der Waals surface area contributed by atoms with E-state index in [2.05, 4.69) is 10.6 Å². The van der Waals surface area contributed by atoms with Crippen LogP contribution in [-0.4, -0.2) is 17.9 Å². The lowest BCUT2D eigenvalue weighted by atomic mass is 10.1. The lowest BCUT2D eigenvalue weighted by Crippen LogP contribution is -2.47. The van der Waals surface area contributed by atoms with E-state index in [0.717, 1.165) is 0 Å². The van der Waals surface area contributed by atoms with Crippen molar-refractivity contribution < 1.29 is 14.0 Å². The summed E-state index contributed by atoms with van der Waals surface area (Å²) in [6.07, 6.45) is 0.560. The molecule has 90 valence electrons. The van der Waals surface area contributed by atoms with Crippen molar-refractivity contribution >= 4 is 29.1 Å². The molecule has 17 heavy (non-hydrogen) atoms. The van der Waals surface area contributed by atoms with Gasteiger partial charge in [-0.15, -0.1) is 0 Å². The van der Waals surface area contributed by atoms with E-state index in [-0.39, 0.29) is 23.0 Å². The Balaban J connectivity index is 2.16. The van der Waals surface area contributed by atoms with Crippen LogP contribution in [0.4, 0.5) is 10.1 Å². The SMILES string of the molecule is O=C1CCC(Nc2c(F)cccc2Cl)C(=O)N1. The zero-order chi connectivity index (χ0) is 12.4. The van der Waals surface area contributed by atoms with Crippen LogP contribution < -0.4 is 10.6 Å². The molecule has 2 amide bonds. The van der Waals surface area contributed by atoms with E-state index < -0.39 is 17.8 Å². The summed E-state index contributed by atoms with van der Waals surface area (Å²) in [6, 6.07) is 3.62. The maximum Gasteiger partial charge on any atom is 0.249 e. The zero-order valence-corrected chi connectivity index (χ0v) is 9.55. The maximum absolute atomic E-state index is 13.5. The van der Waals surface area contributed by atoms with Gasteiger partial charge in [-0.1, -0.05) is 17.7 Å². The summed E-state index contributed by atoms with van der Waals surface area (Å²) in [6.45, 7) is 0. The van der Waals surface area contributed by atoms with Gasteiger partial charge in [0.15, 0.2) is 0 Å². The highest BCUT2D eigenvalue weighted by Crippen LogP contribution is 2.26. The van der Waals surface area contributed by atoms with E-state index in [9.17, 15) is 14.0 Å². The molecular formula is C11H10ClFN2O2. The standard InChI is InChI=1S/C11H10ClFN2O2/c12-6-2-1-3-7(13)10(6)14-8-4-5-9(16)15-11(8)17/h1-3,8,14H,4-5H2,(H,15,16,17). The van der Waals surface area contributed by atoms with Crippen molar-refractivity contribution in [3.63, 3.8) is 0 Å². The van der Waals surface area contributed by atoms with Crippen molar-refractivity contribution in [3.05, 3.63) is 29.0 Å². The van der Waals surface area contributed by atoms with Crippen molar-refractivity contribution in [1.82, 2.24) is 5.32 Å². The van der Waals surface area contributed by atoms with Gasteiger partial charge >= 0.3 is 0 Å². The normalized spacial score (nSPS) is 20.0. The van der Waals surface area contributed by atoms with Gasteiger partial charge in [-0.25, -0.2) is 4.39 Å². The number of imide groups is 1. The molecule has 1 aliphatic heterocycles. The number of amides is 2. The molecular weight excluding hydrogens is 247 g/mol. The first-order valence-corrected chi connectivity index (χ1v) is 5.50. The molecule has 1 heterocycles. The molecule has 0 bridgehead atoms. The van der Waals surface area contributed by atoms with Gasteiger partial charge < -0.3 is 5.32 Å². The first-order chi connectivity index (χ1) is 8.08. The summed E-state index contributed by atoms with van der Waals surface area (Å²) in [5.74, 6) is -1.30. The fourth-order valence-corrected chi connectivity index (χ4v) is 1.86. The highest BCUT2D eigenvalue weighted by Gasteiger charge is 2.27. The number of anilines is 1. The third-order valence-corrected chi connectivity index (χ3v) is 2.84. The van der Waals surface area contributed by atoms with Gasteiger partial charge in [-0.3, -0.25) is 14.9 Å². The molecule has 2 rings (SSSR count). The second-order valence-electron chi connectivity index (χ2n) is 3.74. The zero-order valence-electron chi connectivity index (χ0n) is 8.80. The highest BCUT2D eigenvalue weighted by molar-refractivity contribution is 6.33. The minimum atomic E-state index is -0.637. The fraction of sp³-hybridized carbons (Fsp3) is 0.273. The molecule has 0 radical (unpaired) electrons. The van der Waals surface area contributed by atoms with Crippen molar-refractivity contribution in [1.29, 1.82) is 0 Å². The number of halogens is 2. The first-order valence-electron chi connectivity index (χ1n) is 5.12. The van der Waals surface area contributed by atoms with E-state index in [4.69, 9.17) is 11.6 Å². The molecule has 0 saturated carbocycles. The number of carbonyl (C=O) groups is 2. The number of hydrogen-bond acceptors (Lipinski definition) is 3. The Morgan fingerprint density at radius 1 is 1.41 bits per heavy atom. The van der Waals surface area contributed by atoms with Gasteiger partial charge in [0.1, 0.15) is 11.9 Å². The molecule has 1 atom stereocenters. The molecule has 1 fully saturated rings. The molecule has 0 aromatic heterocycles. The summed E-state index contributed by atoms with van der Waals surface area (Å²) in [5.41, 5.74) is 0.0867. The van der Waals surface area contributed by atoms with E-state index in [1.54, 1.807) is 0 Å². The van der Waals surface area contributed by atoms with Gasteiger partial charge in [0.2, 0.25) is 11.8 Å². The molecule has 1 saturated heterocycles. The summed E-state index contributed by atoms with van der Waals surface area (Å²) >= 11 is 5.82. The Bertz CT molecular complexity index is 458. The van der Waals surface area contributed by atoms with Crippen LogP contribution in [0.3, 0.4) is 0 Å². The van der Waals surface area contributed by atoms with Gasteiger partial charge in [0.25, 0.3) is 0 Å². The van der Waals surface area contributed by atoms with Crippen molar-refractivity contribution in [2.45, 2.75) is 18.9 Å². The number of piperidine rings is 1. The van der Waals surface area contributed by atoms with Crippen molar-refractivity contribution in [3.8, 4) is 0 Å². The number of para-hydroxylation sites is 1. The van der Waals surface area contributed by atoms with Crippen LogP contribution >= 0.6 is 11.6 Å². The predicted molar refractivity (Wildman–Crippen MR) is 61.2 cm³/mol. The Morgan fingerprint density at radius 3 is 2.82 bits per heavy atom. The van der Waals surface area contributed by atoms with Crippen molar-refractivity contribution in [2.75, 3.05) is 5.32 Å². The van der Waals surface area contributed by atoms with Crippen LogP contribution in [0.15, 0.2) is 18.2 Å². The van der Waals surface area contributed by atoms with Gasteiger partial charge in [-0.05, 0) is 18.6 Å².